The van der Waals surface area contributed by atoms with E-state index in [2.05, 4.69) is 74.6 Å². The largest absolute Gasteiger partial charge is 0.472 e. The summed E-state index contributed by atoms with van der Waals surface area (Å²) >= 11 is 0. The van der Waals surface area contributed by atoms with Crippen LogP contribution in [0.4, 0.5) is 0 Å². The summed E-state index contributed by atoms with van der Waals surface area (Å²) in [6.07, 6.45) is 42.6. The average Bonchev–Trinajstić information content (AvgIpc) is 3.10. The van der Waals surface area contributed by atoms with Crippen molar-refractivity contribution in [2.75, 3.05) is 47.5 Å². The first kappa shape index (κ1) is 50.5. The van der Waals surface area contributed by atoms with Crippen LogP contribution in [-0.2, 0) is 32.7 Å². The molecule has 0 heterocycles. The van der Waals surface area contributed by atoms with Gasteiger partial charge in [-0.15, -0.1) is 0 Å². The monoisotopic (exact) mass is 765 g/mol. The number of nitrogens with zero attached hydrogens (tertiary/aromatic N) is 1. The van der Waals surface area contributed by atoms with Crippen LogP contribution in [0, 0.1) is 0 Å². The Morgan fingerprint density at radius 2 is 1.08 bits per heavy atom. The van der Waals surface area contributed by atoms with Crippen LogP contribution in [0.3, 0.4) is 0 Å². The minimum Gasteiger partial charge on any atom is -0.462 e. The van der Waals surface area contributed by atoms with E-state index in [4.69, 9.17) is 18.5 Å². The number of carbonyl (C=O) groups is 2. The number of unbranched alkanes of at least 4 members (excludes halogenated alkanes) is 9. The molecule has 10 heteroatoms. The van der Waals surface area contributed by atoms with E-state index in [-0.39, 0.29) is 26.1 Å². The van der Waals surface area contributed by atoms with Crippen LogP contribution in [-0.4, -0.2) is 74.9 Å². The van der Waals surface area contributed by atoms with Crippen LogP contribution in [0.5, 0.6) is 0 Å². The zero-order valence-electron chi connectivity index (χ0n) is 34.0. The van der Waals surface area contributed by atoms with Gasteiger partial charge in [0.15, 0.2) is 6.10 Å². The molecule has 0 aliphatic carbocycles. The number of carbonyl (C=O) groups excluding carboxylic acids is 2. The van der Waals surface area contributed by atoms with Crippen molar-refractivity contribution in [2.45, 2.75) is 142 Å². The highest BCUT2D eigenvalue weighted by Gasteiger charge is 2.27. The first-order valence-electron chi connectivity index (χ1n) is 20.2. The van der Waals surface area contributed by atoms with E-state index in [1.54, 1.807) is 0 Å². The molecule has 0 rings (SSSR count). The predicted molar refractivity (Wildman–Crippen MR) is 219 cm³/mol. The van der Waals surface area contributed by atoms with Gasteiger partial charge in [-0.1, -0.05) is 145 Å². The van der Waals surface area contributed by atoms with Gasteiger partial charge in [-0.25, -0.2) is 4.57 Å². The molecule has 0 amide bonds. The third-order valence-corrected chi connectivity index (χ3v) is 9.00. The zero-order valence-corrected chi connectivity index (χ0v) is 34.9. The maximum Gasteiger partial charge on any atom is 0.472 e. The normalized spacial score (nSPS) is 14.5. The number of quaternary nitrogens is 1. The number of allylic oxidation sites excluding steroid dienone is 12. The second kappa shape index (κ2) is 35.2. The Balaban J connectivity index is 4.55. The Kier molecular flexibility index (Phi) is 33.5. The maximum atomic E-state index is 12.6. The Bertz CT molecular complexity index is 1140. The average molecular weight is 765 g/mol. The number of phosphoric acid groups is 1. The second-order valence-corrected chi connectivity index (χ2v) is 15.7. The number of ether oxygens (including phenoxy) is 2. The van der Waals surface area contributed by atoms with Gasteiger partial charge in [-0.2, -0.15) is 0 Å². The van der Waals surface area contributed by atoms with E-state index in [1.807, 2.05) is 33.3 Å². The molecule has 9 nitrogen and oxygen atoms in total. The Hall–Kier alpha value is -2.55. The van der Waals surface area contributed by atoms with Crippen molar-refractivity contribution in [1.29, 1.82) is 0 Å². The highest BCUT2D eigenvalue weighted by Crippen LogP contribution is 2.43. The van der Waals surface area contributed by atoms with E-state index < -0.39 is 32.5 Å². The molecule has 0 aromatic heterocycles. The summed E-state index contributed by atoms with van der Waals surface area (Å²) in [7, 11) is 1.42. The fourth-order valence-electron chi connectivity index (χ4n) is 4.86. The SMILES string of the molecule is CC/C=C\C/C=C\C/C=C\C/C=C\C/C=C\C/C=C\CCC(=O)OC(COC(=O)CCCCCCCCCCCC)COP(=O)(O)OCC[N+](C)(C)C. The van der Waals surface area contributed by atoms with E-state index in [0.29, 0.717) is 17.4 Å². The lowest BCUT2D eigenvalue weighted by molar-refractivity contribution is -0.870. The van der Waals surface area contributed by atoms with Gasteiger partial charge in [0.1, 0.15) is 19.8 Å². The summed E-state index contributed by atoms with van der Waals surface area (Å²) < 4.78 is 34.1. The summed E-state index contributed by atoms with van der Waals surface area (Å²) in [5.41, 5.74) is 0. The first-order chi connectivity index (χ1) is 25.5. The third kappa shape index (κ3) is 39.0. The molecule has 0 saturated carbocycles. The van der Waals surface area contributed by atoms with Crippen molar-refractivity contribution in [3.8, 4) is 0 Å². The van der Waals surface area contributed by atoms with Crippen molar-refractivity contribution in [2.24, 2.45) is 0 Å². The Labute approximate surface area is 323 Å². The molecule has 53 heavy (non-hydrogen) atoms. The Morgan fingerprint density at radius 1 is 0.604 bits per heavy atom. The topological polar surface area (TPSA) is 108 Å². The zero-order chi connectivity index (χ0) is 39.3. The van der Waals surface area contributed by atoms with Crippen LogP contribution in [0.15, 0.2) is 72.9 Å². The lowest BCUT2D eigenvalue weighted by Crippen LogP contribution is -2.37. The van der Waals surface area contributed by atoms with Gasteiger partial charge in [-0.05, 0) is 51.4 Å². The van der Waals surface area contributed by atoms with Crippen molar-refractivity contribution in [1.82, 2.24) is 0 Å². The van der Waals surface area contributed by atoms with Crippen LogP contribution in [0.25, 0.3) is 0 Å². The number of hydrogen-bond acceptors (Lipinski definition) is 7. The molecular weight excluding hydrogens is 689 g/mol. The van der Waals surface area contributed by atoms with E-state index >= 15 is 0 Å². The molecule has 0 aromatic carbocycles. The van der Waals surface area contributed by atoms with Crippen molar-refractivity contribution in [3.63, 3.8) is 0 Å². The predicted octanol–water partition coefficient (Wildman–Crippen LogP) is 11.1. The van der Waals surface area contributed by atoms with Crippen LogP contribution in [0.1, 0.15) is 136 Å². The molecule has 1 N–H and O–H groups in total. The molecule has 0 radical (unpaired) electrons. The van der Waals surface area contributed by atoms with E-state index in [1.165, 1.54) is 44.9 Å². The molecule has 304 valence electrons. The molecule has 0 aliphatic heterocycles. The first-order valence-corrected chi connectivity index (χ1v) is 21.7. The highest BCUT2D eigenvalue weighted by molar-refractivity contribution is 7.47. The molecule has 2 unspecified atom stereocenters. The van der Waals surface area contributed by atoms with Crippen LogP contribution >= 0.6 is 7.82 Å². The number of rotatable bonds is 35. The van der Waals surface area contributed by atoms with Gasteiger partial charge in [0.2, 0.25) is 0 Å². The lowest BCUT2D eigenvalue weighted by atomic mass is 10.1. The fourth-order valence-corrected chi connectivity index (χ4v) is 5.60. The minimum atomic E-state index is -4.39. The second-order valence-electron chi connectivity index (χ2n) is 14.3. The molecule has 0 spiro atoms. The quantitative estimate of drug-likeness (QED) is 0.0223. The van der Waals surface area contributed by atoms with E-state index in [9.17, 15) is 19.0 Å². The molecule has 0 saturated heterocycles. The van der Waals surface area contributed by atoms with E-state index in [0.717, 1.165) is 57.8 Å². The number of esters is 2. The third-order valence-electron chi connectivity index (χ3n) is 8.01. The van der Waals surface area contributed by atoms with Gasteiger partial charge < -0.3 is 18.9 Å². The van der Waals surface area contributed by atoms with Gasteiger partial charge in [0.05, 0.1) is 27.7 Å². The molecule has 0 fully saturated rings. The summed E-state index contributed by atoms with van der Waals surface area (Å²) in [5.74, 6) is -0.905. The summed E-state index contributed by atoms with van der Waals surface area (Å²) in [6, 6.07) is 0. The smallest absolute Gasteiger partial charge is 0.462 e. The lowest BCUT2D eigenvalue weighted by Gasteiger charge is -2.24. The van der Waals surface area contributed by atoms with Gasteiger partial charge >= 0.3 is 19.8 Å². The molecular formula is C43H75NO8P+. The molecule has 0 aromatic rings. The maximum absolute atomic E-state index is 12.6. The van der Waals surface area contributed by atoms with Crippen molar-refractivity contribution < 1.29 is 42.1 Å². The van der Waals surface area contributed by atoms with Gasteiger partial charge in [0.25, 0.3) is 0 Å². The van der Waals surface area contributed by atoms with Crippen LogP contribution in [0.2, 0.25) is 0 Å². The minimum absolute atomic E-state index is 0.0154. The van der Waals surface area contributed by atoms with Crippen molar-refractivity contribution in [3.05, 3.63) is 72.9 Å². The number of likely N-dealkylation sites (N-methyl/N-ethyl adjacent to an activating group) is 1. The molecule has 2 atom stereocenters. The summed E-state index contributed by atoms with van der Waals surface area (Å²) in [5, 5.41) is 0. The summed E-state index contributed by atoms with van der Waals surface area (Å²) in [4.78, 5) is 35.2. The van der Waals surface area contributed by atoms with Crippen LogP contribution < -0.4 is 0 Å². The van der Waals surface area contributed by atoms with Gasteiger partial charge in [-0.3, -0.25) is 18.6 Å². The molecule has 0 bridgehead atoms. The summed E-state index contributed by atoms with van der Waals surface area (Å²) in [6.45, 7) is 4.18. The number of phosphoric ester groups is 1. The standard InChI is InChI=1S/C43H74NO8P/c1-6-8-10-12-14-16-18-19-20-21-22-23-24-25-26-28-30-32-34-36-43(46)52-41(40-51-53(47,48)50-38-37-44(3,4)5)39-49-42(45)35-33-31-29-27-17-15-13-11-9-7-2/h8,10,14,16,19-20,22-23,25-26,30,32,41H,6-7,9,11-13,15,17-18,21,24,27-29,31,33-40H2,1-5H3/p+1/b10-8-,16-14-,20-19-,23-22-,26-25-,32-30-. The van der Waals surface area contributed by atoms with Gasteiger partial charge in [0, 0.05) is 12.8 Å². The molecule has 0 aliphatic rings. The highest BCUT2D eigenvalue weighted by atomic mass is 31.2. The fraction of sp³-hybridized carbons (Fsp3) is 0.674. The Morgan fingerprint density at radius 3 is 1.57 bits per heavy atom. The number of hydrogen-bond donors (Lipinski definition) is 1. The van der Waals surface area contributed by atoms with Crippen molar-refractivity contribution >= 4 is 19.8 Å².